The van der Waals surface area contributed by atoms with E-state index in [2.05, 4.69) is 34.9 Å². The number of carbonyl (C=O) groups excluding carboxylic acids is 4. The Morgan fingerprint density at radius 3 is 2.22 bits per heavy atom. The molecular formula is C56H76ClN9O9S. The third kappa shape index (κ3) is 12.6. The monoisotopic (exact) mass is 1090 g/mol. The molecule has 5 N–H and O–H groups in total. The summed E-state index contributed by atoms with van der Waals surface area (Å²) >= 11 is 7.80. The molecule has 3 saturated heterocycles. The summed E-state index contributed by atoms with van der Waals surface area (Å²) in [5, 5.41) is 24.6. The molecule has 0 radical (unpaired) electrons. The van der Waals surface area contributed by atoms with Crippen LogP contribution >= 0.6 is 22.9 Å². The van der Waals surface area contributed by atoms with E-state index in [4.69, 9.17) is 31.5 Å². The van der Waals surface area contributed by atoms with Gasteiger partial charge in [-0.3, -0.25) is 24.3 Å². The van der Waals surface area contributed by atoms with Crippen LogP contribution in [0.2, 0.25) is 5.02 Å². The fraction of sp³-hybridized carbons (Fsp3) is 0.571. The molecule has 2 amide bonds. The molecule has 20 heteroatoms. The van der Waals surface area contributed by atoms with Crippen molar-refractivity contribution < 1.29 is 43.6 Å². The van der Waals surface area contributed by atoms with Gasteiger partial charge in [0.05, 0.1) is 57.7 Å². The summed E-state index contributed by atoms with van der Waals surface area (Å²) in [6, 6.07) is 14.5. The lowest BCUT2D eigenvalue weighted by atomic mass is 9.51. The second-order valence-corrected chi connectivity index (χ2v) is 24.4. The van der Waals surface area contributed by atoms with Gasteiger partial charge in [-0.2, -0.15) is 0 Å². The normalized spacial score (nSPS) is 23.8. The molecule has 1 unspecified atom stereocenters. The first-order valence-electron chi connectivity index (χ1n) is 26.4. The number of aromatic nitrogens is 2. The van der Waals surface area contributed by atoms with Crippen molar-refractivity contribution in [2.24, 2.45) is 16.2 Å². The molecule has 4 aromatic rings. The maximum Gasteiger partial charge on any atom is 0.340 e. The van der Waals surface area contributed by atoms with E-state index >= 15 is 0 Å². The number of aryl methyl sites for hydroxylation is 1. The number of rotatable bonds is 17. The van der Waals surface area contributed by atoms with Gasteiger partial charge in [-0.15, -0.1) is 11.3 Å². The lowest BCUT2D eigenvalue weighted by Crippen LogP contribution is -2.70. The van der Waals surface area contributed by atoms with Crippen LogP contribution in [0.3, 0.4) is 0 Å². The Bertz CT molecular complexity index is 2680. The molecule has 5 atom stereocenters. The van der Waals surface area contributed by atoms with Gasteiger partial charge >= 0.3 is 11.9 Å². The number of nitrogen functional groups attached to an aromatic ring is 1. The number of pyridine rings is 1. The van der Waals surface area contributed by atoms with Crippen LogP contribution in [0.4, 0.5) is 11.5 Å². The quantitative estimate of drug-likeness (QED) is 0.0739. The third-order valence-electron chi connectivity index (χ3n) is 15.7. The molecule has 5 heterocycles. The number of thiazole rings is 1. The number of benzene rings is 2. The van der Waals surface area contributed by atoms with E-state index in [-0.39, 0.29) is 44.2 Å². The zero-order valence-electron chi connectivity index (χ0n) is 45.3. The Kier molecular flexibility index (Phi) is 17.4. The number of nitrogens with two attached hydrogens (primary N) is 1. The molecule has 18 nitrogen and oxygen atoms in total. The van der Waals surface area contributed by atoms with Gasteiger partial charge in [0.1, 0.15) is 42.0 Å². The van der Waals surface area contributed by atoms with Crippen molar-refractivity contribution in [1.82, 2.24) is 34.9 Å². The Morgan fingerprint density at radius 1 is 0.908 bits per heavy atom. The smallest absolute Gasteiger partial charge is 0.340 e. The van der Waals surface area contributed by atoms with Crippen LogP contribution in [-0.2, 0) is 23.9 Å². The molecule has 4 aliphatic rings. The van der Waals surface area contributed by atoms with E-state index in [0.717, 1.165) is 60.2 Å². The number of hydrogen-bond donors (Lipinski definition) is 4. The number of nitrogens with zero attached hydrogens (tertiary/aromatic N) is 7. The summed E-state index contributed by atoms with van der Waals surface area (Å²) < 4.78 is 18.4. The summed E-state index contributed by atoms with van der Waals surface area (Å²) in [6.45, 7) is 23.9. The number of halogens is 1. The number of esters is 2. The summed E-state index contributed by atoms with van der Waals surface area (Å²) in [7, 11) is 0. The minimum absolute atomic E-state index is 0.0166. The number of anilines is 2. The van der Waals surface area contributed by atoms with Crippen LogP contribution in [0, 0.1) is 23.2 Å². The first-order valence-corrected chi connectivity index (χ1v) is 27.6. The predicted molar refractivity (Wildman–Crippen MR) is 293 cm³/mol. The van der Waals surface area contributed by atoms with Crippen molar-refractivity contribution >= 4 is 58.2 Å². The first kappa shape index (κ1) is 56.8. The topological polar surface area (TPSA) is 216 Å². The highest BCUT2D eigenvalue weighted by molar-refractivity contribution is 7.13. The number of nitrogens with one attached hydrogen (secondary N) is 1. The molecule has 8 rings (SSSR count). The maximum atomic E-state index is 14.3. The fourth-order valence-corrected chi connectivity index (χ4v) is 12.6. The highest BCUT2D eigenvalue weighted by atomic mass is 35.5. The summed E-state index contributed by atoms with van der Waals surface area (Å²) in [5.41, 5.74) is 9.63. The largest absolute Gasteiger partial charge is 0.489 e. The molecule has 0 spiro atoms. The lowest BCUT2D eigenvalue weighted by Gasteiger charge is -2.61. The van der Waals surface area contributed by atoms with E-state index in [1.54, 1.807) is 48.7 Å². The molecule has 2 aromatic carbocycles. The van der Waals surface area contributed by atoms with Gasteiger partial charge in [0, 0.05) is 95.0 Å². The SMILES string of the molecule is Cc1ncsc1-c1ccc([C@H](C)OC(=O)[C@H]2C[C@@H](O)CN2C(=O)C(NC(=O)CN2CCN(CCN3CCN(c4ccc(C(=O)O[C@H]5C(C)(C)[C@H](Oc6ccc(N)c(Cl)c6)C5(C)C)cn4)C[C@H]3CO)CC2)C(C)(C)C)cc1. The van der Waals surface area contributed by atoms with Crippen molar-refractivity contribution in [2.75, 3.05) is 89.2 Å². The van der Waals surface area contributed by atoms with Crippen LogP contribution in [0.15, 0.2) is 66.3 Å². The molecule has 0 bridgehead atoms. The average molecular weight is 1090 g/mol. The second kappa shape index (κ2) is 23.3. The molecular weight excluding hydrogens is 1010 g/mol. The van der Waals surface area contributed by atoms with Crippen molar-refractivity contribution in [1.29, 1.82) is 0 Å². The first-order chi connectivity index (χ1) is 35.9. The van der Waals surface area contributed by atoms with E-state index in [0.29, 0.717) is 48.2 Å². The number of likely N-dealkylation sites (tertiary alicyclic amines) is 1. The highest BCUT2D eigenvalue weighted by Crippen LogP contribution is 2.57. The van der Waals surface area contributed by atoms with E-state index in [9.17, 15) is 29.4 Å². The van der Waals surface area contributed by atoms with Gasteiger partial charge in [-0.25, -0.2) is 19.6 Å². The van der Waals surface area contributed by atoms with E-state index in [1.807, 2.05) is 91.2 Å². The van der Waals surface area contributed by atoms with Gasteiger partial charge in [0.25, 0.3) is 0 Å². The zero-order chi connectivity index (χ0) is 54.9. The maximum absolute atomic E-state index is 14.3. The molecule has 76 heavy (non-hydrogen) atoms. The average Bonchev–Trinajstić information content (AvgIpc) is 4.04. The standard InChI is InChI=1S/C56H76ClN9O9S/c1-34-47(76-33-60-34)37-12-10-36(11-13-37)35(2)73-51(72)44-26-40(68)30-66(44)49(70)48(54(3,4)5)61-46(69)31-63-20-18-62(19-21-63)22-23-64-24-25-65(29-39(64)32-67)45-17-14-38(28-59-45)50(71)75-53-55(6,7)52(56(53,8)9)74-41-15-16-43(58)42(57)27-41/h10-17,27-28,33,35,39-40,44,48,52-53,67-68H,18-26,29-32,58H2,1-9H3,(H,61,69)/t35-,39-,40+,44+,48?,52-,53-/m0/s1. The van der Waals surface area contributed by atoms with Gasteiger partial charge in [-0.1, -0.05) is 84.3 Å². The number of ether oxygens (including phenoxy) is 3. The second-order valence-electron chi connectivity index (χ2n) is 23.2. The number of β-amino-alcohol motifs (C(OH)–C–C–N with tert-alkyl or cyclic N) is 1. The third-order valence-corrected chi connectivity index (χ3v) is 17.1. The molecule has 1 saturated carbocycles. The minimum atomic E-state index is -0.997. The number of aliphatic hydroxyl groups excluding tert-OH is 2. The van der Waals surface area contributed by atoms with Crippen molar-refractivity contribution in [3.8, 4) is 16.2 Å². The van der Waals surface area contributed by atoms with Crippen molar-refractivity contribution in [2.45, 2.75) is 111 Å². The number of carbonyl (C=O) groups is 4. The summed E-state index contributed by atoms with van der Waals surface area (Å²) in [6.07, 6.45) is -0.574. The van der Waals surface area contributed by atoms with Gasteiger partial charge in [0.2, 0.25) is 11.8 Å². The lowest BCUT2D eigenvalue weighted by molar-refractivity contribution is -0.236. The van der Waals surface area contributed by atoms with E-state index in [1.165, 1.54) is 4.90 Å². The summed E-state index contributed by atoms with van der Waals surface area (Å²) in [5.74, 6) is -0.457. The Hall–Kier alpha value is -5.41. The number of amides is 2. The number of hydrogen-bond acceptors (Lipinski definition) is 17. The number of aliphatic hydroxyl groups is 2. The van der Waals surface area contributed by atoms with Gasteiger partial charge < -0.3 is 45.3 Å². The molecule has 412 valence electrons. The van der Waals surface area contributed by atoms with E-state index < -0.39 is 64.5 Å². The van der Waals surface area contributed by atoms with Crippen LogP contribution in [0.5, 0.6) is 5.75 Å². The fourth-order valence-electron chi connectivity index (χ4n) is 11.6. The van der Waals surface area contributed by atoms with Crippen LogP contribution in [0.1, 0.15) is 89.5 Å². The predicted octanol–water partition coefficient (Wildman–Crippen LogP) is 5.69. The molecule has 4 fully saturated rings. The van der Waals surface area contributed by atoms with Crippen LogP contribution in [-0.4, -0.2) is 179 Å². The highest BCUT2D eigenvalue weighted by Gasteiger charge is 2.66. The Balaban J connectivity index is 0.765. The molecule has 1 aliphatic carbocycles. The molecule has 3 aliphatic heterocycles. The number of piperazine rings is 2. The Labute approximate surface area is 455 Å². The Morgan fingerprint density at radius 2 is 1.61 bits per heavy atom. The van der Waals surface area contributed by atoms with Crippen LogP contribution < -0.4 is 20.7 Å². The van der Waals surface area contributed by atoms with Crippen molar-refractivity contribution in [3.05, 3.63) is 88.1 Å². The van der Waals surface area contributed by atoms with Gasteiger partial charge in [-0.05, 0) is 54.7 Å². The zero-order valence-corrected chi connectivity index (χ0v) is 46.9. The van der Waals surface area contributed by atoms with Crippen molar-refractivity contribution in [3.63, 3.8) is 0 Å². The summed E-state index contributed by atoms with van der Waals surface area (Å²) in [4.78, 5) is 75.4. The van der Waals surface area contributed by atoms with Crippen LogP contribution in [0.25, 0.3) is 10.4 Å². The van der Waals surface area contributed by atoms with Gasteiger partial charge in [0.15, 0.2) is 0 Å². The minimum Gasteiger partial charge on any atom is -0.489 e. The molecule has 2 aromatic heterocycles.